The zero-order valence-corrected chi connectivity index (χ0v) is 14.0. The van der Waals surface area contributed by atoms with E-state index in [1.165, 1.54) is 4.90 Å². The van der Waals surface area contributed by atoms with E-state index in [0.29, 0.717) is 18.5 Å². The lowest BCUT2D eigenvalue weighted by atomic mass is 9.86. The monoisotopic (exact) mass is 363 g/mol. The van der Waals surface area contributed by atoms with Crippen LogP contribution in [0.3, 0.4) is 0 Å². The Morgan fingerprint density at radius 3 is 2.59 bits per heavy atom. The fourth-order valence-electron chi connectivity index (χ4n) is 2.76. The van der Waals surface area contributed by atoms with Gasteiger partial charge in [0.25, 0.3) is 0 Å². The number of para-hydroxylation sites is 1. The molecule has 1 aliphatic rings. The lowest BCUT2D eigenvalue weighted by Crippen LogP contribution is -2.43. The Kier molecular flexibility index (Phi) is 5.19. The predicted octanol–water partition coefficient (Wildman–Crippen LogP) is 2.93. The van der Waals surface area contributed by atoms with Crippen LogP contribution in [-0.4, -0.2) is 30.3 Å². The number of nitrogens with zero attached hydrogens (tertiary/aromatic N) is 2. The van der Waals surface area contributed by atoms with Gasteiger partial charge in [-0.1, -0.05) is 25.0 Å². The highest BCUT2D eigenvalue weighted by Crippen LogP contribution is 2.38. The standard InChI is InChI=1S/C16H18BrN3O2/c1-20(15(22)16(11-18)8-4-5-9-16)10-14(21)19-13-7-3-2-6-12(13)17/h2-3,6-7H,4-5,8-10H2,1H3,(H,19,21). The van der Waals surface area contributed by atoms with Gasteiger partial charge in [-0.3, -0.25) is 9.59 Å². The number of carbonyl (C=O) groups excluding carboxylic acids is 2. The van der Waals surface area contributed by atoms with E-state index >= 15 is 0 Å². The summed E-state index contributed by atoms with van der Waals surface area (Å²) in [5.41, 5.74) is -0.285. The molecule has 5 nitrogen and oxygen atoms in total. The van der Waals surface area contributed by atoms with E-state index in [9.17, 15) is 14.9 Å². The topological polar surface area (TPSA) is 73.2 Å². The number of anilines is 1. The van der Waals surface area contributed by atoms with Crippen molar-refractivity contribution in [1.82, 2.24) is 4.90 Å². The highest BCUT2D eigenvalue weighted by Gasteiger charge is 2.43. The van der Waals surface area contributed by atoms with Crippen LogP contribution >= 0.6 is 15.9 Å². The van der Waals surface area contributed by atoms with Crippen LogP contribution in [0.2, 0.25) is 0 Å². The molecule has 2 rings (SSSR count). The predicted molar refractivity (Wildman–Crippen MR) is 86.9 cm³/mol. The molecule has 0 spiro atoms. The zero-order chi connectivity index (χ0) is 16.2. The first kappa shape index (κ1) is 16.5. The quantitative estimate of drug-likeness (QED) is 0.893. The first-order valence-corrected chi connectivity index (χ1v) is 7.99. The second-order valence-electron chi connectivity index (χ2n) is 5.59. The summed E-state index contributed by atoms with van der Waals surface area (Å²) in [5, 5.41) is 12.1. The summed E-state index contributed by atoms with van der Waals surface area (Å²) in [4.78, 5) is 25.9. The van der Waals surface area contributed by atoms with Crippen molar-refractivity contribution >= 4 is 33.4 Å². The Labute approximate surface area is 138 Å². The fourth-order valence-corrected chi connectivity index (χ4v) is 3.14. The van der Waals surface area contributed by atoms with Gasteiger partial charge in [0.05, 0.1) is 18.3 Å². The molecule has 1 saturated carbocycles. The number of benzene rings is 1. The van der Waals surface area contributed by atoms with E-state index in [1.54, 1.807) is 13.1 Å². The molecule has 0 aromatic heterocycles. The van der Waals surface area contributed by atoms with Gasteiger partial charge < -0.3 is 10.2 Å². The van der Waals surface area contributed by atoms with Crippen LogP contribution in [0.5, 0.6) is 0 Å². The molecule has 0 atom stereocenters. The molecule has 6 heteroatoms. The van der Waals surface area contributed by atoms with Crippen molar-refractivity contribution in [2.24, 2.45) is 5.41 Å². The molecule has 22 heavy (non-hydrogen) atoms. The largest absolute Gasteiger partial charge is 0.335 e. The molecule has 2 amide bonds. The van der Waals surface area contributed by atoms with Crippen LogP contribution in [0.25, 0.3) is 0 Å². The number of amides is 2. The number of hydrogen-bond donors (Lipinski definition) is 1. The third-order valence-electron chi connectivity index (χ3n) is 3.96. The smallest absolute Gasteiger partial charge is 0.244 e. The van der Waals surface area contributed by atoms with Crippen molar-refractivity contribution in [3.8, 4) is 6.07 Å². The van der Waals surface area contributed by atoms with Crippen molar-refractivity contribution in [1.29, 1.82) is 5.26 Å². The van der Waals surface area contributed by atoms with Crippen molar-refractivity contribution < 1.29 is 9.59 Å². The normalized spacial score (nSPS) is 15.9. The average molecular weight is 364 g/mol. The van der Waals surface area contributed by atoms with E-state index in [4.69, 9.17) is 0 Å². The van der Waals surface area contributed by atoms with Crippen LogP contribution < -0.4 is 5.32 Å². The summed E-state index contributed by atoms with van der Waals surface area (Å²) in [6.45, 7) is -0.0659. The maximum atomic E-state index is 12.5. The van der Waals surface area contributed by atoms with Gasteiger partial charge in [-0.05, 0) is 40.9 Å². The molecule has 1 fully saturated rings. The van der Waals surface area contributed by atoms with Crippen molar-refractivity contribution in [3.05, 3.63) is 28.7 Å². The fraction of sp³-hybridized carbons (Fsp3) is 0.438. The molecule has 0 unspecified atom stereocenters. The van der Waals surface area contributed by atoms with Gasteiger partial charge in [0, 0.05) is 11.5 Å². The SMILES string of the molecule is CN(CC(=O)Nc1ccccc1Br)C(=O)C1(C#N)CCCC1. The molecule has 0 bridgehead atoms. The summed E-state index contributed by atoms with van der Waals surface area (Å²) in [6, 6.07) is 9.43. The Balaban J connectivity index is 1.98. The molecule has 0 aliphatic heterocycles. The van der Waals surface area contributed by atoms with E-state index in [-0.39, 0.29) is 18.4 Å². The number of likely N-dealkylation sites (N-methyl/N-ethyl adjacent to an activating group) is 1. The van der Waals surface area contributed by atoms with Gasteiger partial charge in [0.1, 0.15) is 5.41 Å². The van der Waals surface area contributed by atoms with Gasteiger partial charge in [-0.15, -0.1) is 0 Å². The molecule has 0 heterocycles. The summed E-state index contributed by atoms with van der Waals surface area (Å²) >= 11 is 3.36. The molecule has 1 N–H and O–H groups in total. The summed E-state index contributed by atoms with van der Waals surface area (Å²) in [7, 11) is 1.57. The molecule has 0 radical (unpaired) electrons. The Morgan fingerprint density at radius 2 is 2.00 bits per heavy atom. The third-order valence-corrected chi connectivity index (χ3v) is 4.65. The van der Waals surface area contributed by atoms with Gasteiger partial charge in [-0.2, -0.15) is 5.26 Å². The van der Waals surface area contributed by atoms with Crippen LogP contribution in [-0.2, 0) is 9.59 Å². The first-order valence-electron chi connectivity index (χ1n) is 7.20. The minimum absolute atomic E-state index is 0.0659. The number of nitriles is 1. The van der Waals surface area contributed by atoms with Crippen molar-refractivity contribution in [3.63, 3.8) is 0 Å². The highest BCUT2D eigenvalue weighted by molar-refractivity contribution is 9.10. The van der Waals surface area contributed by atoms with Crippen molar-refractivity contribution in [2.45, 2.75) is 25.7 Å². The van der Waals surface area contributed by atoms with Gasteiger partial charge in [-0.25, -0.2) is 0 Å². The Hall–Kier alpha value is -1.87. The van der Waals surface area contributed by atoms with E-state index in [2.05, 4.69) is 27.3 Å². The van der Waals surface area contributed by atoms with Gasteiger partial charge in [0.2, 0.25) is 11.8 Å². The van der Waals surface area contributed by atoms with Gasteiger partial charge in [0.15, 0.2) is 0 Å². The van der Waals surface area contributed by atoms with Gasteiger partial charge >= 0.3 is 0 Å². The number of nitrogens with one attached hydrogen (secondary N) is 1. The number of carbonyl (C=O) groups is 2. The second kappa shape index (κ2) is 6.93. The Bertz CT molecular complexity index is 618. The second-order valence-corrected chi connectivity index (χ2v) is 6.44. The minimum Gasteiger partial charge on any atom is -0.335 e. The Morgan fingerprint density at radius 1 is 1.36 bits per heavy atom. The number of hydrogen-bond acceptors (Lipinski definition) is 3. The van der Waals surface area contributed by atoms with Crippen LogP contribution in [0.4, 0.5) is 5.69 Å². The zero-order valence-electron chi connectivity index (χ0n) is 12.4. The third kappa shape index (κ3) is 3.47. The minimum atomic E-state index is -0.942. The highest BCUT2D eigenvalue weighted by atomic mass is 79.9. The summed E-state index contributed by atoms with van der Waals surface area (Å²) < 4.78 is 0.779. The molecule has 0 saturated heterocycles. The lowest BCUT2D eigenvalue weighted by Gasteiger charge is -2.26. The summed E-state index contributed by atoms with van der Waals surface area (Å²) in [5.74, 6) is -0.538. The molecule has 1 aliphatic carbocycles. The number of rotatable bonds is 4. The molecule has 1 aromatic rings. The van der Waals surface area contributed by atoms with Crippen LogP contribution in [0.15, 0.2) is 28.7 Å². The molecular weight excluding hydrogens is 346 g/mol. The molecule has 116 valence electrons. The van der Waals surface area contributed by atoms with Crippen molar-refractivity contribution in [2.75, 3.05) is 18.9 Å². The maximum Gasteiger partial charge on any atom is 0.244 e. The number of halogens is 1. The first-order chi connectivity index (χ1) is 10.5. The van der Waals surface area contributed by atoms with E-state index in [1.807, 2.05) is 18.2 Å². The molecule has 1 aromatic carbocycles. The van der Waals surface area contributed by atoms with E-state index in [0.717, 1.165) is 17.3 Å². The van der Waals surface area contributed by atoms with Crippen LogP contribution in [0.1, 0.15) is 25.7 Å². The summed E-state index contributed by atoms with van der Waals surface area (Å²) in [6.07, 6.45) is 2.93. The van der Waals surface area contributed by atoms with E-state index < -0.39 is 5.41 Å². The molecular formula is C16H18BrN3O2. The maximum absolute atomic E-state index is 12.5. The lowest BCUT2D eigenvalue weighted by molar-refractivity contribution is -0.139. The van der Waals surface area contributed by atoms with Crippen LogP contribution in [0, 0.1) is 16.7 Å². The average Bonchev–Trinajstić information content (AvgIpc) is 2.99.